The van der Waals surface area contributed by atoms with Crippen molar-refractivity contribution in [3.05, 3.63) is 0 Å². The summed E-state index contributed by atoms with van der Waals surface area (Å²) in [7, 11) is 2.72. The molecule has 0 aliphatic heterocycles. The molecule has 1 N–H and O–H groups in total. The zero-order chi connectivity index (χ0) is 7.98. The summed E-state index contributed by atoms with van der Waals surface area (Å²) in [5.74, 6) is -0.216. The standard InChI is InChI=1S/C6H11NO3/c1-9-5(7)3-4-6(8)10-2/h7H,3-4H2,1-2H3. The van der Waals surface area contributed by atoms with Crippen molar-refractivity contribution in [2.75, 3.05) is 14.2 Å². The van der Waals surface area contributed by atoms with Gasteiger partial charge in [0.05, 0.1) is 20.6 Å². The minimum atomic E-state index is -0.318. The predicted octanol–water partition coefficient (Wildman–Crippen LogP) is 0.563. The highest BCUT2D eigenvalue weighted by Crippen LogP contribution is 1.93. The van der Waals surface area contributed by atoms with Crippen LogP contribution < -0.4 is 0 Å². The molecule has 0 heterocycles. The summed E-state index contributed by atoms with van der Waals surface area (Å²) in [6.45, 7) is 0. The molecule has 0 unspecified atom stereocenters. The molecule has 0 radical (unpaired) electrons. The predicted molar refractivity (Wildman–Crippen MR) is 36.0 cm³/mol. The fourth-order valence-corrected chi connectivity index (χ4v) is 0.420. The van der Waals surface area contributed by atoms with Crippen molar-refractivity contribution in [1.29, 1.82) is 5.41 Å². The zero-order valence-corrected chi connectivity index (χ0v) is 6.14. The average molecular weight is 145 g/mol. The van der Waals surface area contributed by atoms with Crippen molar-refractivity contribution in [3.63, 3.8) is 0 Å². The Morgan fingerprint density at radius 3 is 2.30 bits per heavy atom. The molecule has 0 spiro atoms. The SMILES string of the molecule is COC(=N)CCC(=O)OC. The van der Waals surface area contributed by atoms with Crippen molar-refractivity contribution in [2.45, 2.75) is 12.8 Å². The van der Waals surface area contributed by atoms with Crippen LogP contribution in [-0.4, -0.2) is 26.1 Å². The summed E-state index contributed by atoms with van der Waals surface area (Å²) in [4.78, 5) is 10.5. The Balaban J connectivity index is 3.35. The Labute approximate surface area is 59.6 Å². The minimum absolute atomic E-state index is 0.102. The molecule has 0 bridgehead atoms. The monoisotopic (exact) mass is 145 g/mol. The topological polar surface area (TPSA) is 59.4 Å². The van der Waals surface area contributed by atoms with Gasteiger partial charge >= 0.3 is 5.97 Å². The molecule has 4 nitrogen and oxygen atoms in total. The first-order valence-corrected chi connectivity index (χ1v) is 2.89. The van der Waals surface area contributed by atoms with Crippen LogP contribution in [-0.2, 0) is 14.3 Å². The van der Waals surface area contributed by atoms with Crippen LogP contribution >= 0.6 is 0 Å². The highest BCUT2D eigenvalue weighted by molar-refractivity contribution is 5.79. The van der Waals surface area contributed by atoms with Crippen molar-refractivity contribution >= 4 is 11.9 Å². The van der Waals surface area contributed by atoms with Crippen LogP contribution in [0, 0.1) is 5.41 Å². The third kappa shape index (κ3) is 3.88. The van der Waals surface area contributed by atoms with E-state index in [0.717, 1.165) is 0 Å². The van der Waals surface area contributed by atoms with Crippen molar-refractivity contribution < 1.29 is 14.3 Å². The molecule has 58 valence electrons. The highest BCUT2D eigenvalue weighted by Gasteiger charge is 2.02. The normalized spacial score (nSPS) is 8.60. The Bertz CT molecular complexity index is 117. The number of hydrogen-bond donors (Lipinski definition) is 1. The molecule has 0 atom stereocenters. The van der Waals surface area contributed by atoms with Crippen LogP contribution in [0.5, 0.6) is 0 Å². The van der Waals surface area contributed by atoms with Crippen molar-refractivity contribution in [1.82, 2.24) is 0 Å². The van der Waals surface area contributed by atoms with Gasteiger partial charge in [-0.05, 0) is 0 Å². The van der Waals surface area contributed by atoms with Crippen LogP contribution in [0.1, 0.15) is 12.8 Å². The van der Waals surface area contributed by atoms with E-state index in [4.69, 9.17) is 5.41 Å². The van der Waals surface area contributed by atoms with Crippen LogP contribution in [0.4, 0.5) is 0 Å². The lowest BCUT2D eigenvalue weighted by molar-refractivity contribution is -0.140. The number of methoxy groups -OCH3 is 2. The second-order valence-electron chi connectivity index (χ2n) is 1.70. The molecule has 0 fully saturated rings. The smallest absolute Gasteiger partial charge is 0.306 e. The van der Waals surface area contributed by atoms with Gasteiger partial charge in [0.2, 0.25) is 0 Å². The number of hydrogen-bond acceptors (Lipinski definition) is 4. The summed E-state index contributed by atoms with van der Waals surface area (Å²) in [6, 6.07) is 0. The maximum Gasteiger partial charge on any atom is 0.306 e. The zero-order valence-electron chi connectivity index (χ0n) is 6.14. The molecule has 0 aromatic carbocycles. The van der Waals surface area contributed by atoms with E-state index in [-0.39, 0.29) is 18.3 Å². The fourth-order valence-electron chi connectivity index (χ4n) is 0.420. The third-order valence-electron chi connectivity index (χ3n) is 1.03. The summed E-state index contributed by atoms with van der Waals surface area (Å²) in [5.41, 5.74) is 0. The van der Waals surface area contributed by atoms with Crippen LogP contribution in [0.25, 0.3) is 0 Å². The van der Waals surface area contributed by atoms with Gasteiger partial charge in [-0.3, -0.25) is 10.2 Å². The molecule has 0 saturated carbocycles. The van der Waals surface area contributed by atoms with Gasteiger partial charge in [-0.2, -0.15) is 0 Å². The van der Waals surface area contributed by atoms with Gasteiger partial charge in [0.25, 0.3) is 0 Å². The van der Waals surface area contributed by atoms with Crippen LogP contribution in [0.2, 0.25) is 0 Å². The number of carbonyl (C=O) groups excluding carboxylic acids is 1. The van der Waals surface area contributed by atoms with E-state index in [2.05, 4.69) is 9.47 Å². The molecular formula is C6H11NO3. The summed E-state index contributed by atoms with van der Waals surface area (Å²) >= 11 is 0. The minimum Gasteiger partial charge on any atom is -0.484 e. The molecule has 0 aliphatic rings. The third-order valence-corrected chi connectivity index (χ3v) is 1.03. The summed E-state index contributed by atoms with van der Waals surface area (Å²) in [5, 5.41) is 6.98. The van der Waals surface area contributed by atoms with E-state index >= 15 is 0 Å². The summed E-state index contributed by atoms with van der Waals surface area (Å²) in [6.07, 6.45) is 0.520. The van der Waals surface area contributed by atoms with Crippen molar-refractivity contribution in [2.24, 2.45) is 0 Å². The number of nitrogens with one attached hydrogen (secondary N) is 1. The lowest BCUT2D eigenvalue weighted by atomic mass is 10.3. The number of esters is 1. The Morgan fingerprint density at radius 2 is 1.90 bits per heavy atom. The van der Waals surface area contributed by atoms with E-state index in [1.165, 1.54) is 14.2 Å². The summed E-state index contributed by atoms with van der Waals surface area (Å²) < 4.78 is 8.87. The lowest BCUT2D eigenvalue weighted by Gasteiger charge is -1.99. The maximum absolute atomic E-state index is 10.5. The quantitative estimate of drug-likeness (QED) is 0.358. The molecule has 0 aromatic rings. The number of carbonyl (C=O) groups is 1. The lowest BCUT2D eigenvalue weighted by Crippen LogP contribution is -2.05. The van der Waals surface area contributed by atoms with Gasteiger partial charge in [-0.25, -0.2) is 0 Å². The van der Waals surface area contributed by atoms with E-state index < -0.39 is 0 Å². The molecule has 0 aliphatic carbocycles. The van der Waals surface area contributed by atoms with Crippen LogP contribution in [0.3, 0.4) is 0 Å². The van der Waals surface area contributed by atoms with E-state index in [1.807, 2.05) is 0 Å². The van der Waals surface area contributed by atoms with Gasteiger partial charge in [0, 0.05) is 6.42 Å². The molecule has 0 amide bonds. The van der Waals surface area contributed by atoms with Crippen molar-refractivity contribution in [3.8, 4) is 0 Å². The van der Waals surface area contributed by atoms with E-state index in [0.29, 0.717) is 6.42 Å². The van der Waals surface area contributed by atoms with Gasteiger partial charge in [0.15, 0.2) is 5.90 Å². The Kier molecular flexibility index (Phi) is 4.28. The highest BCUT2D eigenvalue weighted by atomic mass is 16.5. The van der Waals surface area contributed by atoms with E-state index in [9.17, 15) is 4.79 Å². The first-order chi connectivity index (χ1) is 4.70. The van der Waals surface area contributed by atoms with Gasteiger partial charge in [0.1, 0.15) is 0 Å². The molecule has 0 aromatic heterocycles. The Hall–Kier alpha value is -1.06. The first kappa shape index (κ1) is 8.94. The second-order valence-corrected chi connectivity index (χ2v) is 1.70. The average Bonchev–Trinajstić information content (AvgIpc) is 1.99. The Morgan fingerprint density at radius 1 is 1.30 bits per heavy atom. The van der Waals surface area contributed by atoms with E-state index in [1.54, 1.807) is 0 Å². The molecular weight excluding hydrogens is 134 g/mol. The maximum atomic E-state index is 10.5. The number of rotatable bonds is 3. The molecule has 4 heteroatoms. The van der Waals surface area contributed by atoms with Gasteiger partial charge in [-0.15, -0.1) is 0 Å². The molecule has 0 rings (SSSR count). The molecule has 0 saturated heterocycles. The fraction of sp³-hybridized carbons (Fsp3) is 0.667. The number of ether oxygens (including phenoxy) is 2. The largest absolute Gasteiger partial charge is 0.484 e. The second kappa shape index (κ2) is 4.78. The van der Waals surface area contributed by atoms with Crippen LogP contribution in [0.15, 0.2) is 0 Å². The first-order valence-electron chi connectivity index (χ1n) is 2.89. The molecule has 10 heavy (non-hydrogen) atoms. The van der Waals surface area contributed by atoms with Gasteiger partial charge < -0.3 is 9.47 Å². The van der Waals surface area contributed by atoms with Gasteiger partial charge in [-0.1, -0.05) is 0 Å².